The Morgan fingerprint density at radius 2 is 2.04 bits per heavy atom. The number of hydrogen-bond acceptors (Lipinski definition) is 4. The molecule has 4 aromatic rings. The number of para-hydroxylation sites is 1. The summed E-state index contributed by atoms with van der Waals surface area (Å²) in [5, 5.41) is 0.870. The number of H-pyrrole nitrogens is 1. The highest BCUT2D eigenvalue weighted by Gasteiger charge is 2.16. The Kier molecular flexibility index (Phi) is 3.06. The topological polar surface area (TPSA) is 80.9 Å². The summed E-state index contributed by atoms with van der Waals surface area (Å²) in [6, 6.07) is 12.9. The number of nitrogens with two attached hydrogens (primary N) is 1. The molecule has 0 saturated heterocycles. The van der Waals surface area contributed by atoms with Crippen LogP contribution in [0.1, 0.15) is 10.4 Å². The van der Waals surface area contributed by atoms with E-state index in [1.54, 1.807) is 24.4 Å². The number of hydrogen-bond donors (Lipinski definition) is 2. The van der Waals surface area contributed by atoms with E-state index in [9.17, 15) is 9.59 Å². The van der Waals surface area contributed by atoms with Gasteiger partial charge < -0.3 is 10.7 Å². The molecule has 0 aliphatic carbocycles. The number of aromatic nitrogens is 2. The minimum atomic E-state index is -0.154. The lowest BCUT2D eigenvalue weighted by molar-refractivity contribution is 0.0974. The Morgan fingerprint density at radius 1 is 1.22 bits per heavy atom. The summed E-state index contributed by atoms with van der Waals surface area (Å²) in [6.07, 6.45) is 1.70. The zero-order chi connectivity index (χ0) is 16.0. The molecular formula is C17H13N3O2S. The van der Waals surface area contributed by atoms with Crippen LogP contribution in [-0.4, -0.2) is 15.3 Å². The predicted octanol–water partition coefficient (Wildman–Crippen LogP) is 3.01. The zero-order valence-electron chi connectivity index (χ0n) is 12.1. The van der Waals surface area contributed by atoms with Crippen molar-refractivity contribution in [2.75, 3.05) is 5.73 Å². The van der Waals surface area contributed by atoms with Gasteiger partial charge in [-0.15, -0.1) is 0 Å². The fourth-order valence-electron chi connectivity index (χ4n) is 2.76. The number of rotatable bonds is 3. The molecule has 2 heterocycles. The average Bonchev–Trinajstić information content (AvgIpc) is 3.09. The third kappa shape index (κ3) is 2.24. The molecule has 0 fully saturated rings. The highest BCUT2D eigenvalue weighted by Crippen LogP contribution is 2.22. The molecule has 4 rings (SSSR count). The van der Waals surface area contributed by atoms with Crippen LogP contribution in [0.4, 0.5) is 5.69 Å². The first-order valence-corrected chi connectivity index (χ1v) is 7.93. The molecule has 114 valence electrons. The number of nitrogens with one attached hydrogen (secondary N) is 1. The van der Waals surface area contributed by atoms with E-state index in [1.165, 1.54) is 4.57 Å². The number of carbonyl (C=O) groups excluding carboxylic acids is 1. The molecule has 6 heteroatoms. The van der Waals surface area contributed by atoms with Crippen molar-refractivity contribution in [2.45, 2.75) is 6.54 Å². The van der Waals surface area contributed by atoms with Crippen molar-refractivity contribution in [3.63, 3.8) is 0 Å². The second kappa shape index (κ2) is 5.10. The normalized spacial score (nSPS) is 11.3. The van der Waals surface area contributed by atoms with Gasteiger partial charge in [0, 0.05) is 28.4 Å². The van der Waals surface area contributed by atoms with Crippen molar-refractivity contribution < 1.29 is 4.79 Å². The third-order valence-corrected chi connectivity index (χ3v) is 4.83. The monoisotopic (exact) mass is 323 g/mol. The van der Waals surface area contributed by atoms with Crippen molar-refractivity contribution in [3.8, 4) is 0 Å². The molecule has 23 heavy (non-hydrogen) atoms. The molecule has 2 aromatic heterocycles. The summed E-state index contributed by atoms with van der Waals surface area (Å²) < 4.78 is 2.30. The molecule has 2 aromatic carbocycles. The molecule has 0 saturated carbocycles. The van der Waals surface area contributed by atoms with Crippen molar-refractivity contribution in [3.05, 3.63) is 63.9 Å². The van der Waals surface area contributed by atoms with E-state index in [2.05, 4.69) is 4.98 Å². The van der Waals surface area contributed by atoms with Crippen molar-refractivity contribution in [2.24, 2.45) is 0 Å². The predicted molar refractivity (Wildman–Crippen MR) is 93.1 cm³/mol. The number of fused-ring (bicyclic) bond motifs is 2. The maximum Gasteiger partial charge on any atom is 0.308 e. The first-order chi connectivity index (χ1) is 11.1. The standard InChI is InChI=1S/C17H13N3O2S/c18-10-5-6-14-16(7-10)23-17(22)20(14)9-15(21)12-8-19-13-4-2-1-3-11(12)13/h1-8,19H,9,18H2. The van der Waals surface area contributed by atoms with Crippen LogP contribution in [0.25, 0.3) is 21.1 Å². The Bertz CT molecular complexity index is 1100. The lowest BCUT2D eigenvalue weighted by Gasteiger charge is -2.03. The quantitative estimate of drug-likeness (QED) is 0.449. The number of nitrogen functional groups attached to an aromatic ring is 1. The average molecular weight is 323 g/mol. The summed E-state index contributed by atoms with van der Waals surface area (Å²) in [5.74, 6) is -0.0962. The van der Waals surface area contributed by atoms with Gasteiger partial charge in [-0.05, 0) is 24.3 Å². The summed E-state index contributed by atoms with van der Waals surface area (Å²) in [5.41, 5.74) is 8.60. The van der Waals surface area contributed by atoms with Crippen LogP contribution in [-0.2, 0) is 6.54 Å². The van der Waals surface area contributed by atoms with Crippen LogP contribution in [0.3, 0.4) is 0 Å². The number of nitrogens with zero attached hydrogens (tertiary/aromatic N) is 1. The van der Waals surface area contributed by atoms with Gasteiger partial charge in [-0.2, -0.15) is 0 Å². The van der Waals surface area contributed by atoms with Gasteiger partial charge in [-0.1, -0.05) is 29.5 Å². The SMILES string of the molecule is Nc1ccc2c(c1)sc(=O)n2CC(=O)c1c[nH]c2ccccc12. The lowest BCUT2D eigenvalue weighted by atomic mass is 10.1. The lowest BCUT2D eigenvalue weighted by Crippen LogP contribution is -2.19. The van der Waals surface area contributed by atoms with E-state index in [-0.39, 0.29) is 17.2 Å². The molecular weight excluding hydrogens is 310 g/mol. The molecule has 5 nitrogen and oxygen atoms in total. The largest absolute Gasteiger partial charge is 0.399 e. The number of anilines is 1. The number of ketones is 1. The summed E-state index contributed by atoms with van der Waals surface area (Å²) in [4.78, 5) is 27.8. The number of benzene rings is 2. The summed E-state index contributed by atoms with van der Waals surface area (Å²) >= 11 is 1.10. The number of aromatic amines is 1. The molecule has 0 aliphatic rings. The first kappa shape index (κ1) is 13.8. The highest BCUT2D eigenvalue weighted by atomic mass is 32.1. The van der Waals surface area contributed by atoms with Crippen molar-refractivity contribution in [1.29, 1.82) is 0 Å². The summed E-state index contributed by atoms with van der Waals surface area (Å²) in [7, 11) is 0. The molecule has 3 N–H and O–H groups in total. The number of thiazole rings is 1. The van der Waals surface area contributed by atoms with E-state index in [1.807, 2.05) is 24.3 Å². The maximum atomic E-state index is 12.7. The van der Waals surface area contributed by atoms with E-state index in [4.69, 9.17) is 5.73 Å². The third-order valence-electron chi connectivity index (χ3n) is 3.88. The number of carbonyl (C=O) groups is 1. The second-order valence-corrected chi connectivity index (χ2v) is 6.35. The first-order valence-electron chi connectivity index (χ1n) is 7.11. The zero-order valence-corrected chi connectivity index (χ0v) is 12.9. The fraction of sp³-hybridized carbons (Fsp3) is 0.0588. The number of Topliss-reactive ketones (excluding diaryl/α,β-unsaturated/α-hetero) is 1. The minimum absolute atomic E-state index is 0.0185. The van der Waals surface area contributed by atoms with Gasteiger partial charge in [0.15, 0.2) is 5.78 Å². The minimum Gasteiger partial charge on any atom is -0.399 e. The van der Waals surface area contributed by atoms with E-state index in [0.29, 0.717) is 11.3 Å². The van der Waals surface area contributed by atoms with Crippen LogP contribution in [0.5, 0.6) is 0 Å². The van der Waals surface area contributed by atoms with Crippen LogP contribution >= 0.6 is 11.3 Å². The van der Waals surface area contributed by atoms with Gasteiger partial charge in [0.05, 0.1) is 16.8 Å². The molecule has 0 radical (unpaired) electrons. The second-order valence-electron chi connectivity index (χ2n) is 5.35. The van der Waals surface area contributed by atoms with Gasteiger partial charge in [0.25, 0.3) is 0 Å². The smallest absolute Gasteiger partial charge is 0.308 e. The van der Waals surface area contributed by atoms with Gasteiger partial charge >= 0.3 is 4.87 Å². The molecule has 0 bridgehead atoms. The van der Waals surface area contributed by atoms with Gasteiger partial charge in [-0.25, -0.2) is 0 Å². The van der Waals surface area contributed by atoms with E-state index in [0.717, 1.165) is 32.5 Å². The molecule has 0 atom stereocenters. The Morgan fingerprint density at radius 3 is 2.91 bits per heavy atom. The molecule has 0 spiro atoms. The Labute approximate surface area is 135 Å². The molecule has 0 aliphatic heterocycles. The van der Waals surface area contributed by atoms with E-state index >= 15 is 0 Å². The van der Waals surface area contributed by atoms with Crippen LogP contribution in [0.2, 0.25) is 0 Å². The van der Waals surface area contributed by atoms with Gasteiger partial charge in [0.2, 0.25) is 0 Å². The van der Waals surface area contributed by atoms with Gasteiger partial charge in [0.1, 0.15) is 0 Å². The molecule has 0 amide bonds. The highest BCUT2D eigenvalue weighted by molar-refractivity contribution is 7.16. The molecule has 0 unspecified atom stereocenters. The van der Waals surface area contributed by atoms with Crippen LogP contribution in [0.15, 0.2) is 53.5 Å². The van der Waals surface area contributed by atoms with Crippen LogP contribution < -0.4 is 10.6 Å². The maximum absolute atomic E-state index is 12.7. The van der Waals surface area contributed by atoms with Crippen molar-refractivity contribution in [1.82, 2.24) is 9.55 Å². The Hall–Kier alpha value is -2.86. The fourth-order valence-corrected chi connectivity index (χ4v) is 3.70. The van der Waals surface area contributed by atoms with Crippen molar-refractivity contribution >= 4 is 43.9 Å². The van der Waals surface area contributed by atoms with Gasteiger partial charge in [-0.3, -0.25) is 14.2 Å². The summed E-state index contributed by atoms with van der Waals surface area (Å²) in [6.45, 7) is 0.0185. The Balaban J connectivity index is 1.77. The van der Waals surface area contributed by atoms with E-state index < -0.39 is 0 Å². The van der Waals surface area contributed by atoms with Crippen LogP contribution in [0, 0.1) is 0 Å².